The van der Waals surface area contributed by atoms with Crippen molar-refractivity contribution in [2.45, 2.75) is 26.7 Å². The number of nitrogens with one attached hydrogen (secondary N) is 2. The van der Waals surface area contributed by atoms with Crippen molar-refractivity contribution in [1.29, 1.82) is 0 Å². The van der Waals surface area contributed by atoms with E-state index < -0.39 is 0 Å². The minimum absolute atomic E-state index is 0. The van der Waals surface area contributed by atoms with E-state index in [4.69, 9.17) is 0 Å². The lowest BCUT2D eigenvalue weighted by Crippen LogP contribution is -2.14. The van der Waals surface area contributed by atoms with Crippen molar-refractivity contribution >= 4 is 29.7 Å². The van der Waals surface area contributed by atoms with E-state index in [1.165, 1.54) is 11.1 Å². The first-order chi connectivity index (χ1) is 10.2. The lowest BCUT2D eigenvalue weighted by molar-refractivity contribution is 0.102. The molecule has 2 aromatic carbocycles. The van der Waals surface area contributed by atoms with E-state index in [1.807, 2.05) is 37.3 Å². The molecule has 0 bridgehead atoms. The maximum atomic E-state index is 12.5. The Morgan fingerprint density at radius 3 is 2.86 bits per heavy atom. The van der Waals surface area contributed by atoms with E-state index in [1.54, 1.807) is 0 Å². The van der Waals surface area contributed by atoms with Gasteiger partial charge in [-0.1, -0.05) is 25.1 Å². The van der Waals surface area contributed by atoms with Crippen LogP contribution in [0.3, 0.4) is 0 Å². The predicted octanol–water partition coefficient (Wildman–Crippen LogP) is 4.20. The summed E-state index contributed by atoms with van der Waals surface area (Å²) in [6.07, 6.45) is 1.90. The summed E-state index contributed by atoms with van der Waals surface area (Å²) in [4.78, 5) is 12.5. The Labute approximate surface area is 137 Å². The molecule has 0 saturated carbocycles. The van der Waals surface area contributed by atoms with Crippen LogP contribution < -0.4 is 10.6 Å². The SMILES string of the molecule is CCc1cccc(C)c1NC(=O)c1ccc2c(c1)CCN2.Cl. The molecule has 0 fully saturated rings. The first-order valence-corrected chi connectivity index (χ1v) is 7.45. The molecule has 1 aliphatic rings. The highest BCUT2D eigenvalue weighted by Crippen LogP contribution is 2.25. The minimum atomic E-state index is -0.0336. The summed E-state index contributed by atoms with van der Waals surface area (Å²) in [6.45, 7) is 5.09. The normalized spacial score (nSPS) is 12.1. The predicted molar refractivity (Wildman–Crippen MR) is 94.4 cm³/mol. The number of carbonyl (C=O) groups is 1. The maximum absolute atomic E-state index is 12.5. The number of amides is 1. The topological polar surface area (TPSA) is 41.1 Å². The van der Waals surface area contributed by atoms with Gasteiger partial charge in [0.25, 0.3) is 5.91 Å². The molecule has 0 radical (unpaired) electrons. The molecule has 0 aliphatic carbocycles. The zero-order valence-corrected chi connectivity index (χ0v) is 13.7. The first-order valence-electron chi connectivity index (χ1n) is 7.45. The van der Waals surface area contributed by atoms with Gasteiger partial charge < -0.3 is 10.6 Å². The summed E-state index contributed by atoms with van der Waals surface area (Å²) in [6, 6.07) is 12.0. The van der Waals surface area contributed by atoms with Gasteiger partial charge in [0.1, 0.15) is 0 Å². The third-order valence-corrected chi connectivity index (χ3v) is 4.06. The van der Waals surface area contributed by atoms with Gasteiger partial charge in [0.2, 0.25) is 0 Å². The van der Waals surface area contributed by atoms with E-state index in [2.05, 4.69) is 23.6 Å². The average Bonchev–Trinajstić information content (AvgIpc) is 2.96. The van der Waals surface area contributed by atoms with Crippen LogP contribution >= 0.6 is 12.4 Å². The molecular weight excluding hydrogens is 296 g/mol. The molecule has 2 N–H and O–H groups in total. The number of aryl methyl sites for hydroxylation is 2. The van der Waals surface area contributed by atoms with Crippen LogP contribution in [0.25, 0.3) is 0 Å². The van der Waals surface area contributed by atoms with Gasteiger partial charge >= 0.3 is 0 Å². The zero-order chi connectivity index (χ0) is 14.8. The fraction of sp³-hybridized carbons (Fsp3) is 0.278. The van der Waals surface area contributed by atoms with E-state index >= 15 is 0 Å². The molecule has 0 spiro atoms. The van der Waals surface area contributed by atoms with Crippen LogP contribution in [0, 0.1) is 6.92 Å². The fourth-order valence-corrected chi connectivity index (χ4v) is 2.83. The molecule has 1 heterocycles. The van der Waals surface area contributed by atoms with Crippen LogP contribution in [0.1, 0.15) is 34.0 Å². The van der Waals surface area contributed by atoms with Gasteiger partial charge in [-0.25, -0.2) is 0 Å². The molecule has 3 rings (SSSR count). The Bertz CT molecular complexity index is 697. The molecule has 0 aromatic heterocycles. The number of fused-ring (bicyclic) bond motifs is 1. The second-order valence-electron chi connectivity index (χ2n) is 5.47. The van der Waals surface area contributed by atoms with Crippen LogP contribution in [0.5, 0.6) is 0 Å². The van der Waals surface area contributed by atoms with Crippen LogP contribution in [-0.2, 0) is 12.8 Å². The van der Waals surface area contributed by atoms with Gasteiger partial charge in [-0.3, -0.25) is 4.79 Å². The molecule has 4 heteroatoms. The Hall–Kier alpha value is -2.00. The van der Waals surface area contributed by atoms with E-state index in [9.17, 15) is 4.79 Å². The first kappa shape index (κ1) is 16.4. The Balaban J connectivity index is 0.00000176. The number of hydrogen-bond donors (Lipinski definition) is 2. The largest absolute Gasteiger partial charge is 0.384 e. The molecule has 0 atom stereocenters. The van der Waals surface area contributed by atoms with Crippen molar-refractivity contribution in [3.8, 4) is 0 Å². The summed E-state index contributed by atoms with van der Waals surface area (Å²) >= 11 is 0. The van der Waals surface area contributed by atoms with Crippen LogP contribution in [0.4, 0.5) is 11.4 Å². The highest BCUT2D eigenvalue weighted by atomic mass is 35.5. The summed E-state index contributed by atoms with van der Waals surface area (Å²) in [5, 5.41) is 6.39. The van der Waals surface area contributed by atoms with Crippen molar-refractivity contribution in [2.24, 2.45) is 0 Å². The van der Waals surface area contributed by atoms with Gasteiger partial charge in [0, 0.05) is 23.5 Å². The third-order valence-electron chi connectivity index (χ3n) is 4.06. The van der Waals surface area contributed by atoms with Gasteiger partial charge in [-0.15, -0.1) is 12.4 Å². The van der Waals surface area contributed by atoms with E-state index in [0.717, 1.165) is 41.9 Å². The molecule has 2 aromatic rings. The molecule has 116 valence electrons. The van der Waals surface area contributed by atoms with Crippen LogP contribution in [0.15, 0.2) is 36.4 Å². The fourth-order valence-electron chi connectivity index (χ4n) is 2.83. The second-order valence-corrected chi connectivity index (χ2v) is 5.47. The zero-order valence-electron chi connectivity index (χ0n) is 12.9. The molecule has 1 aliphatic heterocycles. The molecule has 0 saturated heterocycles. The summed E-state index contributed by atoms with van der Waals surface area (Å²) in [7, 11) is 0. The standard InChI is InChI=1S/C18H20N2O.ClH/c1-3-13-6-4-5-12(2)17(13)20-18(21)15-7-8-16-14(11-15)9-10-19-16;/h4-8,11,19H,3,9-10H2,1-2H3,(H,20,21);1H. The summed E-state index contributed by atoms with van der Waals surface area (Å²) < 4.78 is 0. The number of rotatable bonds is 3. The Kier molecular flexibility index (Phi) is 5.09. The highest BCUT2D eigenvalue weighted by molar-refractivity contribution is 6.05. The summed E-state index contributed by atoms with van der Waals surface area (Å²) in [5.74, 6) is -0.0336. The van der Waals surface area contributed by atoms with Gasteiger partial charge in [-0.05, 0) is 54.7 Å². The number of benzene rings is 2. The number of carbonyl (C=O) groups excluding carboxylic acids is 1. The number of hydrogen-bond acceptors (Lipinski definition) is 2. The summed E-state index contributed by atoms with van der Waals surface area (Å²) in [5.41, 5.74) is 6.32. The van der Waals surface area contributed by atoms with Crippen molar-refractivity contribution < 1.29 is 4.79 Å². The Morgan fingerprint density at radius 2 is 2.09 bits per heavy atom. The monoisotopic (exact) mass is 316 g/mol. The van der Waals surface area contributed by atoms with Crippen molar-refractivity contribution in [3.05, 3.63) is 58.7 Å². The third kappa shape index (κ3) is 3.09. The maximum Gasteiger partial charge on any atom is 0.255 e. The van der Waals surface area contributed by atoms with Crippen LogP contribution in [-0.4, -0.2) is 12.5 Å². The number of para-hydroxylation sites is 1. The Morgan fingerprint density at radius 1 is 1.27 bits per heavy atom. The molecule has 1 amide bonds. The molecule has 3 nitrogen and oxygen atoms in total. The molecular formula is C18H21ClN2O. The van der Waals surface area contributed by atoms with Crippen molar-refractivity contribution in [1.82, 2.24) is 0 Å². The molecule has 22 heavy (non-hydrogen) atoms. The van der Waals surface area contributed by atoms with Crippen molar-refractivity contribution in [2.75, 3.05) is 17.2 Å². The lowest BCUT2D eigenvalue weighted by atomic mass is 10.0. The van der Waals surface area contributed by atoms with E-state index in [-0.39, 0.29) is 18.3 Å². The smallest absolute Gasteiger partial charge is 0.255 e. The van der Waals surface area contributed by atoms with Gasteiger partial charge in [-0.2, -0.15) is 0 Å². The van der Waals surface area contributed by atoms with Gasteiger partial charge in [0.05, 0.1) is 0 Å². The highest BCUT2D eigenvalue weighted by Gasteiger charge is 2.15. The number of anilines is 2. The quantitative estimate of drug-likeness (QED) is 0.891. The lowest BCUT2D eigenvalue weighted by Gasteiger charge is -2.13. The van der Waals surface area contributed by atoms with E-state index in [0.29, 0.717) is 0 Å². The minimum Gasteiger partial charge on any atom is -0.384 e. The molecule has 0 unspecified atom stereocenters. The average molecular weight is 317 g/mol. The second kappa shape index (κ2) is 6.84. The van der Waals surface area contributed by atoms with Crippen molar-refractivity contribution in [3.63, 3.8) is 0 Å². The number of halogens is 1. The van der Waals surface area contributed by atoms with Crippen LogP contribution in [0.2, 0.25) is 0 Å². The van der Waals surface area contributed by atoms with Gasteiger partial charge in [0.15, 0.2) is 0 Å².